The van der Waals surface area contributed by atoms with Gasteiger partial charge in [0.1, 0.15) is 11.4 Å². The molecule has 0 aliphatic rings. The Morgan fingerprint density at radius 3 is 2.32 bits per heavy atom. The topological polar surface area (TPSA) is 63.2 Å². The quantitative estimate of drug-likeness (QED) is 0.677. The lowest BCUT2D eigenvalue weighted by Gasteiger charge is -2.22. The van der Waals surface area contributed by atoms with Gasteiger partial charge in [-0.3, -0.25) is 9.78 Å². The summed E-state index contributed by atoms with van der Waals surface area (Å²) in [6, 6.07) is 8.88. The summed E-state index contributed by atoms with van der Waals surface area (Å²) in [6.07, 6.45) is -2.16. The first kappa shape index (κ1) is 21.5. The molecule has 0 fully saturated rings. The van der Waals surface area contributed by atoms with E-state index in [1.807, 2.05) is 0 Å². The summed E-state index contributed by atoms with van der Waals surface area (Å²) in [7, 11) is 0. The number of alkyl halides is 3. The number of aromatic nitrogens is 1. The van der Waals surface area contributed by atoms with Gasteiger partial charge in [0, 0.05) is 25.0 Å². The Kier molecular flexibility index (Phi) is 6.88. The van der Waals surface area contributed by atoms with E-state index in [0.717, 1.165) is 12.0 Å². The van der Waals surface area contributed by atoms with E-state index in [-0.39, 0.29) is 17.1 Å². The van der Waals surface area contributed by atoms with Crippen LogP contribution in [0, 0.1) is 5.41 Å². The van der Waals surface area contributed by atoms with Crippen LogP contribution in [0.2, 0.25) is 0 Å². The van der Waals surface area contributed by atoms with E-state index < -0.39 is 6.36 Å². The molecule has 0 aliphatic carbocycles. The maximum absolute atomic E-state index is 12.2. The van der Waals surface area contributed by atoms with Crippen LogP contribution in [-0.4, -0.2) is 23.8 Å². The largest absolute Gasteiger partial charge is 0.573 e. The van der Waals surface area contributed by atoms with Crippen LogP contribution in [0.5, 0.6) is 5.75 Å². The maximum atomic E-state index is 12.2. The van der Waals surface area contributed by atoms with Crippen molar-refractivity contribution in [3.05, 3.63) is 53.9 Å². The summed E-state index contributed by atoms with van der Waals surface area (Å²) in [5.41, 5.74) is 1.84. The van der Waals surface area contributed by atoms with E-state index in [2.05, 4.69) is 41.1 Å². The molecule has 0 atom stereocenters. The molecule has 1 aromatic carbocycles. The molecule has 152 valence electrons. The van der Waals surface area contributed by atoms with Crippen molar-refractivity contribution in [2.24, 2.45) is 5.41 Å². The van der Waals surface area contributed by atoms with Crippen molar-refractivity contribution in [2.75, 3.05) is 11.9 Å². The van der Waals surface area contributed by atoms with Crippen molar-refractivity contribution >= 4 is 11.6 Å². The van der Waals surface area contributed by atoms with Crippen molar-refractivity contribution in [1.82, 2.24) is 10.3 Å². The number of nitrogens with zero attached hydrogens (tertiary/aromatic N) is 1. The van der Waals surface area contributed by atoms with E-state index >= 15 is 0 Å². The van der Waals surface area contributed by atoms with Crippen molar-refractivity contribution in [2.45, 2.75) is 40.1 Å². The number of hydrogen-bond acceptors (Lipinski definition) is 4. The van der Waals surface area contributed by atoms with Gasteiger partial charge in [-0.2, -0.15) is 0 Å². The first-order chi connectivity index (χ1) is 13.1. The fourth-order valence-electron chi connectivity index (χ4n) is 2.18. The predicted octanol–water partition coefficient (Wildman–Crippen LogP) is 4.76. The molecule has 0 radical (unpaired) electrons. The van der Waals surface area contributed by atoms with Crippen molar-refractivity contribution in [3.8, 4) is 5.75 Å². The average molecular weight is 395 g/mol. The molecule has 2 aromatic rings. The molecule has 0 bridgehead atoms. The Balaban J connectivity index is 1.86. The van der Waals surface area contributed by atoms with E-state index in [4.69, 9.17) is 0 Å². The van der Waals surface area contributed by atoms with Crippen molar-refractivity contribution in [3.63, 3.8) is 0 Å². The highest BCUT2D eigenvalue weighted by molar-refractivity contribution is 5.92. The molecule has 2 rings (SSSR count). The molecule has 8 heteroatoms. The molecule has 28 heavy (non-hydrogen) atoms. The van der Waals surface area contributed by atoms with Gasteiger partial charge in [-0.1, -0.05) is 26.8 Å². The smallest absolute Gasteiger partial charge is 0.406 e. The lowest BCUT2D eigenvalue weighted by atomic mass is 9.90. The zero-order chi connectivity index (χ0) is 20.8. The number of nitrogens with one attached hydrogen (secondary N) is 2. The summed E-state index contributed by atoms with van der Waals surface area (Å²) >= 11 is 0. The Labute approximate surface area is 162 Å². The van der Waals surface area contributed by atoms with Gasteiger partial charge < -0.3 is 15.4 Å². The number of ether oxygens (including phenoxy) is 1. The van der Waals surface area contributed by atoms with E-state index in [1.165, 1.54) is 24.3 Å². The second kappa shape index (κ2) is 8.95. The third-order valence-electron chi connectivity index (χ3n) is 4.33. The van der Waals surface area contributed by atoms with Gasteiger partial charge in [0.05, 0.1) is 0 Å². The molecular formula is C20H24F3N3O2. The number of amides is 1. The number of hydrogen-bond donors (Lipinski definition) is 2. The molecule has 1 amide bonds. The molecule has 0 saturated carbocycles. The fraction of sp³-hybridized carbons (Fsp3) is 0.400. The van der Waals surface area contributed by atoms with Crippen LogP contribution in [0.15, 0.2) is 42.6 Å². The summed E-state index contributed by atoms with van der Waals surface area (Å²) in [5, 5.41) is 5.95. The number of anilines is 1. The van der Waals surface area contributed by atoms with Gasteiger partial charge >= 0.3 is 6.36 Å². The molecule has 5 nitrogen and oxygen atoms in total. The Morgan fingerprint density at radius 2 is 1.79 bits per heavy atom. The number of rotatable bonds is 8. The third-order valence-corrected chi connectivity index (χ3v) is 4.33. The minimum absolute atomic E-state index is 0.0280. The van der Waals surface area contributed by atoms with Gasteiger partial charge in [0.2, 0.25) is 0 Å². The molecule has 0 spiro atoms. The van der Waals surface area contributed by atoms with Gasteiger partial charge in [0.15, 0.2) is 0 Å². The van der Waals surface area contributed by atoms with Crippen molar-refractivity contribution < 1.29 is 22.7 Å². The van der Waals surface area contributed by atoms with Crippen LogP contribution in [0.3, 0.4) is 0 Å². The van der Waals surface area contributed by atoms with E-state index in [1.54, 1.807) is 18.3 Å². The fourth-order valence-corrected chi connectivity index (χ4v) is 2.18. The van der Waals surface area contributed by atoms with Crippen LogP contribution < -0.4 is 15.4 Å². The highest BCUT2D eigenvalue weighted by atomic mass is 19.4. The molecule has 0 aliphatic heterocycles. The van der Waals surface area contributed by atoms with Gasteiger partial charge in [-0.15, -0.1) is 13.2 Å². The first-order valence-electron chi connectivity index (χ1n) is 8.91. The summed E-state index contributed by atoms with van der Waals surface area (Å²) in [5.74, 6) is -0.498. The Morgan fingerprint density at radius 1 is 1.11 bits per heavy atom. The molecule has 1 heterocycles. The molecule has 1 aromatic heterocycles. The van der Waals surface area contributed by atoms with Crippen LogP contribution in [0.4, 0.5) is 18.9 Å². The zero-order valence-corrected chi connectivity index (χ0v) is 16.1. The second-order valence-corrected chi connectivity index (χ2v) is 7.18. The summed E-state index contributed by atoms with van der Waals surface area (Å²) in [6.45, 7) is 7.22. The number of carbonyl (C=O) groups is 1. The minimum atomic E-state index is -4.71. The first-order valence-corrected chi connectivity index (χ1v) is 8.91. The van der Waals surface area contributed by atoms with Crippen LogP contribution in [-0.2, 0) is 6.54 Å². The van der Waals surface area contributed by atoms with E-state index in [0.29, 0.717) is 24.5 Å². The number of halogens is 3. The van der Waals surface area contributed by atoms with Crippen LogP contribution in [0.25, 0.3) is 0 Å². The number of pyridine rings is 1. The highest BCUT2D eigenvalue weighted by Gasteiger charge is 2.30. The summed E-state index contributed by atoms with van der Waals surface area (Å²) < 4.78 is 40.3. The van der Waals surface area contributed by atoms with E-state index in [9.17, 15) is 18.0 Å². The van der Waals surface area contributed by atoms with Gasteiger partial charge in [0.25, 0.3) is 5.91 Å². The maximum Gasteiger partial charge on any atom is 0.573 e. The van der Waals surface area contributed by atoms with Crippen LogP contribution in [0.1, 0.15) is 43.2 Å². The Hall–Kier alpha value is -2.77. The summed E-state index contributed by atoms with van der Waals surface area (Å²) in [4.78, 5) is 16.3. The zero-order valence-electron chi connectivity index (χ0n) is 16.1. The monoisotopic (exact) mass is 395 g/mol. The normalized spacial score (nSPS) is 11.8. The molecule has 0 unspecified atom stereocenters. The SMILES string of the molecule is CCC(C)(C)CNC(=O)c1ccc(CNc2ccc(OC(F)(F)F)cc2)cn1. The highest BCUT2D eigenvalue weighted by Crippen LogP contribution is 2.24. The average Bonchev–Trinajstić information content (AvgIpc) is 2.65. The lowest BCUT2D eigenvalue weighted by Crippen LogP contribution is -2.34. The van der Waals surface area contributed by atoms with Crippen molar-refractivity contribution in [1.29, 1.82) is 0 Å². The second-order valence-electron chi connectivity index (χ2n) is 7.18. The van der Waals surface area contributed by atoms with Gasteiger partial charge in [-0.05, 0) is 47.7 Å². The number of benzene rings is 1. The third kappa shape index (κ3) is 7.09. The predicted molar refractivity (Wildman–Crippen MR) is 101 cm³/mol. The van der Waals surface area contributed by atoms with Crippen LogP contribution >= 0.6 is 0 Å². The number of carbonyl (C=O) groups excluding carboxylic acids is 1. The lowest BCUT2D eigenvalue weighted by molar-refractivity contribution is -0.274. The standard InChI is InChI=1S/C20H24F3N3O2/c1-4-19(2,3)13-26-18(27)17-10-5-14(12-25-17)11-24-15-6-8-16(9-7-15)28-20(21,22)23/h5-10,12,24H,4,11,13H2,1-3H3,(H,26,27). The minimum Gasteiger partial charge on any atom is -0.406 e. The van der Waals surface area contributed by atoms with Gasteiger partial charge in [-0.25, -0.2) is 0 Å². The molecule has 0 saturated heterocycles. The molecular weight excluding hydrogens is 371 g/mol. The molecule has 2 N–H and O–H groups in total. The Bertz CT molecular complexity index is 773.